The molecule has 2 fully saturated rings. The van der Waals surface area contributed by atoms with E-state index in [1.807, 2.05) is 24.3 Å². The number of nitrogens with one attached hydrogen (secondary N) is 2. The van der Waals surface area contributed by atoms with Gasteiger partial charge in [-0.1, -0.05) is 48.5 Å². The van der Waals surface area contributed by atoms with Crippen LogP contribution in [0.2, 0.25) is 0 Å². The summed E-state index contributed by atoms with van der Waals surface area (Å²) >= 11 is 0. The number of aryl methyl sites for hydroxylation is 1. The molecule has 2 aliphatic heterocycles. The summed E-state index contributed by atoms with van der Waals surface area (Å²) in [6.07, 6.45) is 6.03. The maximum Gasteiger partial charge on any atom is 0.241 e. The van der Waals surface area contributed by atoms with Crippen molar-refractivity contribution in [1.29, 1.82) is 0 Å². The topological polar surface area (TPSA) is 64.6 Å². The van der Waals surface area contributed by atoms with Crippen molar-refractivity contribution in [1.82, 2.24) is 15.8 Å². The Labute approximate surface area is 166 Å². The number of carbonyl (C=O) groups is 1. The first-order valence-electron chi connectivity index (χ1n) is 10.4. The molecule has 0 spiro atoms. The summed E-state index contributed by atoms with van der Waals surface area (Å²) in [6, 6.07) is 17.9. The predicted octanol–water partition coefficient (Wildman–Crippen LogP) is 3.31. The van der Waals surface area contributed by atoms with Crippen molar-refractivity contribution in [2.75, 3.05) is 6.54 Å². The minimum Gasteiger partial charge on any atom is -0.508 e. The standard InChI is InChI=1S/C23H29N3O2/c27-22-12-5-4-11-19(22)20-16-21(25-24-20)23(28)26-15-7-6-10-18(26)14-13-17-8-2-1-3-9-17/h1-5,8-9,11-12,18,20-21,24-25,27H,6-7,10,13-16H2. The van der Waals surface area contributed by atoms with Crippen molar-refractivity contribution in [3.63, 3.8) is 0 Å². The Morgan fingerprint density at radius 3 is 2.64 bits per heavy atom. The smallest absolute Gasteiger partial charge is 0.241 e. The van der Waals surface area contributed by atoms with Gasteiger partial charge in [0.05, 0.1) is 6.04 Å². The van der Waals surface area contributed by atoms with E-state index in [9.17, 15) is 9.90 Å². The lowest BCUT2D eigenvalue weighted by Crippen LogP contribution is -2.51. The van der Waals surface area contributed by atoms with E-state index in [0.29, 0.717) is 12.5 Å². The molecule has 2 aromatic carbocycles. The summed E-state index contributed by atoms with van der Waals surface area (Å²) in [7, 11) is 0. The van der Waals surface area contributed by atoms with Crippen LogP contribution in [-0.2, 0) is 11.2 Å². The number of aromatic hydroxyl groups is 1. The number of phenols is 1. The van der Waals surface area contributed by atoms with Gasteiger partial charge in [0.2, 0.25) is 5.91 Å². The Morgan fingerprint density at radius 1 is 1.04 bits per heavy atom. The number of carbonyl (C=O) groups excluding carboxylic acids is 1. The number of piperidine rings is 1. The fraction of sp³-hybridized carbons (Fsp3) is 0.435. The molecule has 2 saturated heterocycles. The predicted molar refractivity (Wildman–Crippen MR) is 110 cm³/mol. The molecule has 5 nitrogen and oxygen atoms in total. The van der Waals surface area contributed by atoms with Crippen LogP contribution in [0.5, 0.6) is 5.75 Å². The van der Waals surface area contributed by atoms with Gasteiger partial charge in [0.1, 0.15) is 11.8 Å². The van der Waals surface area contributed by atoms with Crippen LogP contribution in [0.15, 0.2) is 54.6 Å². The lowest BCUT2D eigenvalue weighted by atomic mass is 9.94. The average molecular weight is 380 g/mol. The summed E-state index contributed by atoms with van der Waals surface area (Å²) in [6.45, 7) is 0.845. The van der Waals surface area contributed by atoms with E-state index in [-0.39, 0.29) is 23.7 Å². The van der Waals surface area contributed by atoms with E-state index < -0.39 is 0 Å². The Bertz CT molecular complexity index is 795. The fourth-order valence-corrected chi connectivity index (χ4v) is 4.47. The molecule has 2 aliphatic rings. The molecule has 3 atom stereocenters. The minimum absolute atomic E-state index is 0.0530. The lowest BCUT2D eigenvalue weighted by molar-refractivity contribution is -0.137. The molecule has 0 radical (unpaired) electrons. The largest absolute Gasteiger partial charge is 0.508 e. The van der Waals surface area contributed by atoms with Crippen molar-refractivity contribution in [3.8, 4) is 5.75 Å². The maximum absolute atomic E-state index is 13.2. The third-order valence-corrected chi connectivity index (χ3v) is 6.03. The Balaban J connectivity index is 1.39. The summed E-state index contributed by atoms with van der Waals surface area (Å²) in [5, 5.41) is 10.1. The zero-order valence-corrected chi connectivity index (χ0v) is 16.2. The maximum atomic E-state index is 13.2. The summed E-state index contributed by atoms with van der Waals surface area (Å²) in [5.41, 5.74) is 8.54. The molecule has 5 heteroatoms. The second-order valence-electron chi connectivity index (χ2n) is 7.89. The van der Waals surface area contributed by atoms with E-state index in [1.54, 1.807) is 6.07 Å². The Hall–Kier alpha value is -2.37. The highest BCUT2D eigenvalue weighted by Gasteiger charge is 2.36. The van der Waals surface area contributed by atoms with Crippen LogP contribution < -0.4 is 10.9 Å². The first-order valence-corrected chi connectivity index (χ1v) is 10.4. The van der Waals surface area contributed by atoms with Crippen molar-refractivity contribution < 1.29 is 9.90 Å². The minimum atomic E-state index is -0.248. The van der Waals surface area contributed by atoms with Gasteiger partial charge in [-0.25, -0.2) is 10.9 Å². The molecule has 0 aliphatic carbocycles. The van der Waals surface area contributed by atoms with E-state index in [2.05, 4.69) is 40.0 Å². The van der Waals surface area contributed by atoms with E-state index >= 15 is 0 Å². The number of para-hydroxylation sites is 1. The van der Waals surface area contributed by atoms with Gasteiger partial charge in [0.25, 0.3) is 0 Å². The number of benzene rings is 2. The molecule has 0 saturated carbocycles. The number of nitrogens with zero attached hydrogens (tertiary/aromatic N) is 1. The summed E-state index contributed by atoms with van der Waals surface area (Å²) in [4.78, 5) is 15.3. The highest BCUT2D eigenvalue weighted by Crippen LogP contribution is 2.31. The SMILES string of the molecule is O=C(C1CC(c2ccccc2O)NN1)N1CCCCC1CCc1ccccc1. The van der Waals surface area contributed by atoms with Crippen LogP contribution in [-0.4, -0.2) is 34.5 Å². The first kappa shape index (κ1) is 19.0. The number of hydrazine groups is 1. The molecular formula is C23H29N3O2. The monoisotopic (exact) mass is 379 g/mol. The van der Waals surface area contributed by atoms with Gasteiger partial charge < -0.3 is 10.0 Å². The average Bonchev–Trinajstić information content (AvgIpc) is 3.23. The molecule has 28 heavy (non-hydrogen) atoms. The fourth-order valence-electron chi connectivity index (χ4n) is 4.47. The molecule has 2 aromatic rings. The second-order valence-corrected chi connectivity index (χ2v) is 7.89. The van der Waals surface area contributed by atoms with Crippen LogP contribution in [0.25, 0.3) is 0 Å². The van der Waals surface area contributed by atoms with E-state index in [0.717, 1.165) is 37.8 Å². The van der Waals surface area contributed by atoms with Gasteiger partial charge in [-0.15, -0.1) is 0 Å². The van der Waals surface area contributed by atoms with Crippen molar-refractivity contribution in [2.24, 2.45) is 0 Å². The molecule has 148 valence electrons. The van der Waals surface area contributed by atoms with Crippen LogP contribution in [0, 0.1) is 0 Å². The first-order chi connectivity index (χ1) is 13.7. The number of likely N-dealkylation sites (tertiary alicyclic amines) is 1. The normalized spacial score (nSPS) is 25.0. The lowest BCUT2D eigenvalue weighted by Gasteiger charge is -2.37. The highest BCUT2D eigenvalue weighted by molar-refractivity contribution is 5.82. The van der Waals surface area contributed by atoms with E-state index in [4.69, 9.17) is 0 Å². The van der Waals surface area contributed by atoms with Crippen LogP contribution in [0.1, 0.15) is 49.3 Å². The highest BCUT2D eigenvalue weighted by atomic mass is 16.3. The molecule has 4 rings (SSSR count). The molecule has 1 amide bonds. The summed E-state index contributed by atoms with van der Waals surface area (Å²) < 4.78 is 0. The van der Waals surface area contributed by atoms with Gasteiger partial charge >= 0.3 is 0 Å². The van der Waals surface area contributed by atoms with Crippen molar-refractivity contribution in [2.45, 2.75) is 56.7 Å². The summed E-state index contributed by atoms with van der Waals surface area (Å²) in [5.74, 6) is 0.455. The number of rotatable bonds is 5. The number of hydrogen-bond acceptors (Lipinski definition) is 4. The third kappa shape index (κ3) is 4.21. The van der Waals surface area contributed by atoms with Crippen LogP contribution in [0.3, 0.4) is 0 Å². The van der Waals surface area contributed by atoms with Gasteiger partial charge in [-0.3, -0.25) is 4.79 Å². The molecular weight excluding hydrogens is 350 g/mol. The van der Waals surface area contributed by atoms with Crippen molar-refractivity contribution >= 4 is 5.91 Å². The van der Waals surface area contributed by atoms with Crippen molar-refractivity contribution in [3.05, 3.63) is 65.7 Å². The van der Waals surface area contributed by atoms with E-state index in [1.165, 1.54) is 12.0 Å². The van der Waals surface area contributed by atoms with Gasteiger partial charge in [0.15, 0.2) is 0 Å². The zero-order valence-electron chi connectivity index (χ0n) is 16.2. The molecule has 0 aromatic heterocycles. The second kappa shape index (κ2) is 8.76. The molecule has 0 bridgehead atoms. The number of hydrogen-bond donors (Lipinski definition) is 3. The van der Waals surface area contributed by atoms with Gasteiger partial charge in [0, 0.05) is 18.2 Å². The van der Waals surface area contributed by atoms with Gasteiger partial charge in [-0.2, -0.15) is 0 Å². The zero-order chi connectivity index (χ0) is 19.3. The number of phenolic OH excluding ortho intramolecular Hbond substituents is 1. The molecule has 2 heterocycles. The third-order valence-electron chi connectivity index (χ3n) is 6.03. The van der Waals surface area contributed by atoms with Gasteiger partial charge in [-0.05, 0) is 50.2 Å². The molecule has 3 unspecified atom stereocenters. The number of amides is 1. The van der Waals surface area contributed by atoms with Crippen LogP contribution in [0.4, 0.5) is 0 Å². The quantitative estimate of drug-likeness (QED) is 0.746. The Morgan fingerprint density at radius 2 is 1.82 bits per heavy atom. The molecule has 3 N–H and O–H groups in total. The van der Waals surface area contributed by atoms with Crippen LogP contribution >= 0.6 is 0 Å². The Kier molecular flexibility index (Phi) is 5.93.